The Kier molecular flexibility index (Phi) is 3.15. The third-order valence-corrected chi connectivity index (χ3v) is 4.17. The van der Waals surface area contributed by atoms with Gasteiger partial charge in [0.05, 0.1) is 17.9 Å². The molecule has 0 atom stereocenters. The van der Waals surface area contributed by atoms with Crippen molar-refractivity contribution in [3.05, 3.63) is 40.8 Å². The van der Waals surface area contributed by atoms with Crippen molar-refractivity contribution in [3.8, 4) is 11.3 Å². The van der Waals surface area contributed by atoms with E-state index < -0.39 is 0 Å². The molecule has 0 unspecified atom stereocenters. The molecule has 0 aliphatic heterocycles. The zero-order valence-corrected chi connectivity index (χ0v) is 11.7. The smallest absolute Gasteiger partial charge is 0.122 e. The molecule has 3 nitrogen and oxygen atoms in total. The highest BCUT2D eigenvalue weighted by molar-refractivity contribution is 5.64. The average Bonchev–Trinajstić information content (AvgIpc) is 2.73. The lowest BCUT2D eigenvalue weighted by atomic mass is 9.90. The van der Waals surface area contributed by atoms with E-state index in [1.807, 2.05) is 0 Å². The first-order chi connectivity index (χ1) is 9.20. The van der Waals surface area contributed by atoms with Gasteiger partial charge in [-0.1, -0.05) is 12.1 Å². The lowest BCUT2D eigenvalue weighted by molar-refractivity contribution is 0.685. The van der Waals surface area contributed by atoms with Crippen LogP contribution in [0.1, 0.15) is 35.5 Å². The SMILES string of the molecule is Cc1nc(CN)n(C)c1-c1ccc2c(c1)CCCC2. The molecule has 19 heavy (non-hydrogen) atoms. The van der Waals surface area contributed by atoms with Crippen molar-refractivity contribution >= 4 is 0 Å². The number of aromatic nitrogens is 2. The third kappa shape index (κ3) is 2.08. The summed E-state index contributed by atoms with van der Waals surface area (Å²) in [7, 11) is 2.05. The molecule has 1 aromatic carbocycles. The van der Waals surface area contributed by atoms with Gasteiger partial charge in [-0.2, -0.15) is 0 Å². The Labute approximate surface area is 114 Å². The first-order valence-corrected chi connectivity index (χ1v) is 7.05. The van der Waals surface area contributed by atoms with Gasteiger partial charge in [-0.25, -0.2) is 4.98 Å². The van der Waals surface area contributed by atoms with E-state index in [9.17, 15) is 0 Å². The Hall–Kier alpha value is -1.61. The zero-order chi connectivity index (χ0) is 13.4. The summed E-state index contributed by atoms with van der Waals surface area (Å²) in [6.45, 7) is 2.55. The van der Waals surface area contributed by atoms with Gasteiger partial charge in [0, 0.05) is 12.6 Å². The number of hydrogen-bond donors (Lipinski definition) is 1. The molecule has 2 aromatic rings. The van der Waals surface area contributed by atoms with Gasteiger partial charge in [-0.3, -0.25) is 0 Å². The quantitative estimate of drug-likeness (QED) is 0.896. The van der Waals surface area contributed by atoms with Crippen molar-refractivity contribution in [1.29, 1.82) is 0 Å². The number of rotatable bonds is 2. The van der Waals surface area contributed by atoms with Crippen LogP contribution in [-0.2, 0) is 26.4 Å². The van der Waals surface area contributed by atoms with Gasteiger partial charge in [0.15, 0.2) is 0 Å². The van der Waals surface area contributed by atoms with E-state index in [2.05, 4.69) is 41.7 Å². The van der Waals surface area contributed by atoms with Gasteiger partial charge in [0.25, 0.3) is 0 Å². The molecule has 0 fully saturated rings. The van der Waals surface area contributed by atoms with Crippen LogP contribution in [0.3, 0.4) is 0 Å². The number of hydrogen-bond acceptors (Lipinski definition) is 2. The number of aryl methyl sites for hydroxylation is 3. The molecule has 100 valence electrons. The van der Waals surface area contributed by atoms with Crippen LogP contribution in [0.2, 0.25) is 0 Å². The summed E-state index contributed by atoms with van der Waals surface area (Å²) < 4.78 is 2.12. The van der Waals surface area contributed by atoms with Gasteiger partial charge < -0.3 is 10.3 Å². The number of benzene rings is 1. The molecule has 0 spiro atoms. The van der Waals surface area contributed by atoms with E-state index in [1.54, 1.807) is 0 Å². The second-order valence-corrected chi connectivity index (χ2v) is 5.42. The van der Waals surface area contributed by atoms with Crippen molar-refractivity contribution in [2.45, 2.75) is 39.2 Å². The fraction of sp³-hybridized carbons (Fsp3) is 0.438. The molecule has 1 aliphatic carbocycles. The summed E-state index contributed by atoms with van der Waals surface area (Å²) in [6.07, 6.45) is 5.08. The van der Waals surface area contributed by atoms with Crippen LogP contribution in [-0.4, -0.2) is 9.55 Å². The summed E-state index contributed by atoms with van der Waals surface area (Å²) in [5.41, 5.74) is 12.3. The van der Waals surface area contributed by atoms with Gasteiger partial charge >= 0.3 is 0 Å². The highest BCUT2D eigenvalue weighted by Crippen LogP contribution is 2.29. The maximum absolute atomic E-state index is 5.74. The average molecular weight is 255 g/mol. The summed E-state index contributed by atoms with van der Waals surface area (Å²) in [5.74, 6) is 0.949. The van der Waals surface area contributed by atoms with Crippen LogP contribution >= 0.6 is 0 Å². The molecule has 0 bridgehead atoms. The fourth-order valence-corrected chi connectivity index (χ4v) is 3.16. The zero-order valence-electron chi connectivity index (χ0n) is 11.7. The first kappa shape index (κ1) is 12.4. The van der Waals surface area contributed by atoms with Gasteiger partial charge in [0.2, 0.25) is 0 Å². The molecule has 2 N–H and O–H groups in total. The van der Waals surface area contributed by atoms with Crippen LogP contribution in [0.15, 0.2) is 18.2 Å². The number of fused-ring (bicyclic) bond motifs is 1. The third-order valence-electron chi connectivity index (χ3n) is 4.17. The maximum Gasteiger partial charge on any atom is 0.122 e. The van der Waals surface area contributed by atoms with Gasteiger partial charge in [-0.15, -0.1) is 0 Å². The molecule has 1 aromatic heterocycles. The van der Waals surface area contributed by atoms with E-state index in [4.69, 9.17) is 5.73 Å². The Morgan fingerprint density at radius 3 is 2.63 bits per heavy atom. The molecule has 3 heteroatoms. The minimum Gasteiger partial charge on any atom is -0.330 e. The van der Waals surface area contributed by atoms with Crippen molar-refractivity contribution < 1.29 is 0 Å². The van der Waals surface area contributed by atoms with Crippen molar-refractivity contribution in [1.82, 2.24) is 9.55 Å². The van der Waals surface area contributed by atoms with Crippen molar-refractivity contribution in [2.24, 2.45) is 12.8 Å². The molecular weight excluding hydrogens is 234 g/mol. The summed E-state index contributed by atoms with van der Waals surface area (Å²) in [5, 5.41) is 0. The standard InChI is InChI=1S/C16H21N3/c1-11-16(19(2)15(10-17)18-11)14-8-7-12-5-3-4-6-13(12)9-14/h7-9H,3-6,10,17H2,1-2H3. The predicted octanol–water partition coefficient (Wildman–Crippen LogP) is 2.73. The molecule has 0 saturated carbocycles. The highest BCUT2D eigenvalue weighted by atomic mass is 15.1. The Morgan fingerprint density at radius 1 is 1.21 bits per heavy atom. The lowest BCUT2D eigenvalue weighted by Crippen LogP contribution is -2.06. The van der Waals surface area contributed by atoms with E-state index in [0.29, 0.717) is 6.54 Å². The van der Waals surface area contributed by atoms with Crippen LogP contribution in [0, 0.1) is 6.92 Å². The molecule has 3 rings (SSSR count). The minimum atomic E-state index is 0.488. The van der Waals surface area contributed by atoms with Crippen LogP contribution < -0.4 is 5.73 Å². The predicted molar refractivity (Wildman–Crippen MR) is 77.9 cm³/mol. The lowest BCUT2D eigenvalue weighted by Gasteiger charge is -2.17. The molecule has 0 radical (unpaired) electrons. The second kappa shape index (κ2) is 4.82. The number of imidazole rings is 1. The monoisotopic (exact) mass is 255 g/mol. The van der Waals surface area contributed by atoms with Gasteiger partial charge in [0.1, 0.15) is 5.82 Å². The summed E-state index contributed by atoms with van der Waals surface area (Å²) >= 11 is 0. The van der Waals surface area contributed by atoms with Crippen LogP contribution in [0.25, 0.3) is 11.3 Å². The van der Waals surface area contributed by atoms with E-state index in [-0.39, 0.29) is 0 Å². The fourth-order valence-electron chi connectivity index (χ4n) is 3.16. The molecular formula is C16H21N3. The second-order valence-electron chi connectivity index (χ2n) is 5.42. The minimum absolute atomic E-state index is 0.488. The summed E-state index contributed by atoms with van der Waals surface area (Å²) in [6, 6.07) is 6.87. The Bertz CT molecular complexity index is 611. The van der Waals surface area contributed by atoms with E-state index in [1.165, 1.54) is 48.1 Å². The van der Waals surface area contributed by atoms with E-state index in [0.717, 1.165) is 11.5 Å². The Balaban J connectivity index is 2.09. The summed E-state index contributed by atoms with van der Waals surface area (Å²) in [4.78, 5) is 4.56. The molecule has 1 heterocycles. The van der Waals surface area contributed by atoms with Crippen LogP contribution in [0.4, 0.5) is 0 Å². The van der Waals surface area contributed by atoms with Gasteiger partial charge in [-0.05, 0) is 49.8 Å². The van der Waals surface area contributed by atoms with Crippen molar-refractivity contribution in [3.63, 3.8) is 0 Å². The normalized spacial score (nSPS) is 14.5. The Morgan fingerprint density at radius 2 is 1.95 bits per heavy atom. The van der Waals surface area contributed by atoms with Crippen molar-refractivity contribution in [2.75, 3.05) is 0 Å². The largest absolute Gasteiger partial charge is 0.330 e. The first-order valence-electron chi connectivity index (χ1n) is 7.05. The topological polar surface area (TPSA) is 43.8 Å². The molecule has 1 aliphatic rings. The molecule has 0 saturated heterocycles. The highest BCUT2D eigenvalue weighted by Gasteiger charge is 2.15. The molecule has 0 amide bonds. The number of nitrogens with zero attached hydrogens (tertiary/aromatic N) is 2. The van der Waals surface area contributed by atoms with E-state index >= 15 is 0 Å². The number of nitrogens with two attached hydrogens (primary N) is 1. The van der Waals surface area contributed by atoms with Crippen LogP contribution in [0.5, 0.6) is 0 Å². The maximum atomic E-state index is 5.74.